The van der Waals surface area contributed by atoms with Crippen molar-refractivity contribution in [2.75, 3.05) is 0 Å². The number of alkyl halides is 1. The van der Waals surface area contributed by atoms with Gasteiger partial charge in [-0.3, -0.25) is 0 Å². The number of hydrogen-bond donors (Lipinski definition) is 0. The molecule has 0 aliphatic carbocycles. The summed E-state index contributed by atoms with van der Waals surface area (Å²) < 4.78 is 13.2. The minimum Gasteiger partial charge on any atom is -0.207 e. The van der Waals surface area contributed by atoms with Gasteiger partial charge in [0.05, 0.1) is 0 Å². The van der Waals surface area contributed by atoms with Crippen molar-refractivity contribution >= 4 is 15.9 Å². The molecule has 2 unspecified atom stereocenters. The Morgan fingerprint density at radius 1 is 1.31 bits per heavy atom. The molecule has 0 saturated carbocycles. The van der Waals surface area contributed by atoms with Gasteiger partial charge in [0.15, 0.2) is 0 Å². The van der Waals surface area contributed by atoms with Crippen molar-refractivity contribution in [3.8, 4) is 0 Å². The highest BCUT2D eigenvalue weighted by Crippen LogP contribution is 2.18. The average molecular weight is 245 g/mol. The number of rotatable bonds is 3. The molecule has 72 valence electrons. The third-order valence-electron chi connectivity index (χ3n) is 2.28. The molecular formula is C11H14BrF. The second-order valence-electron chi connectivity index (χ2n) is 3.45. The van der Waals surface area contributed by atoms with E-state index in [1.165, 1.54) is 6.07 Å². The summed E-state index contributed by atoms with van der Waals surface area (Å²) in [6.07, 6.45) is 0.791. The smallest absolute Gasteiger partial charge is 0.126 e. The lowest BCUT2D eigenvalue weighted by molar-refractivity contribution is 0.545. The summed E-state index contributed by atoms with van der Waals surface area (Å²) in [5, 5.41) is 0. The zero-order valence-electron chi connectivity index (χ0n) is 7.93. The first-order valence-corrected chi connectivity index (χ1v) is 5.40. The highest BCUT2D eigenvalue weighted by Gasteiger charge is 2.11. The van der Waals surface area contributed by atoms with Gasteiger partial charge in [0.2, 0.25) is 0 Å². The first-order valence-electron chi connectivity index (χ1n) is 4.48. The maximum absolute atomic E-state index is 13.2. The molecule has 1 aromatic carbocycles. The maximum atomic E-state index is 13.2. The highest BCUT2D eigenvalue weighted by molar-refractivity contribution is 9.09. The standard InChI is InChI=1S/C11H14BrF/c1-8(9(2)12)7-10-5-3-4-6-11(10)13/h3-6,8-9H,7H2,1-2H3. The Labute approximate surface area is 87.3 Å². The largest absolute Gasteiger partial charge is 0.207 e. The quantitative estimate of drug-likeness (QED) is 0.711. The van der Waals surface area contributed by atoms with Crippen molar-refractivity contribution in [1.29, 1.82) is 0 Å². The van der Waals surface area contributed by atoms with Crippen LogP contribution in [-0.4, -0.2) is 4.83 Å². The van der Waals surface area contributed by atoms with Gasteiger partial charge in [0, 0.05) is 4.83 Å². The SMILES string of the molecule is CC(Br)C(C)Cc1ccccc1F. The van der Waals surface area contributed by atoms with E-state index < -0.39 is 0 Å². The lowest BCUT2D eigenvalue weighted by Crippen LogP contribution is -2.10. The number of halogens is 2. The van der Waals surface area contributed by atoms with E-state index in [4.69, 9.17) is 0 Å². The Hall–Kier alpha value is -0.370. The van der Waals surface area contributed by atoms with Crippen molar-refractivity contribution in [3.63, 3.8) is 0 Å². The van der Waals surface area contributed by atoms with Gasteiger partial charge in [-0.2, -0.15) is 0 Å². The second-order valence-corrected chi connectivity index (χ2v) is 4.89. The Morgan fingerprint density at radius 2 is 1.92 bits per heavy atom. The van der Waals surface area contributed by atoms with Gasteiger partial charge in [-0.15, -0.1) is 0 Å². The fourth-order valence-corrected chi connectivity index (χ4v) is 1.36. The summed E-state index contributed by atoms with van der Waals surface area (Å²) in [5.41, 5.74) is 0.807. The number of hydrogen-bond acceptors (Lipinski definition) is 0. The summed E-state index contributed by atoms with van der Waals surface area (Å²) >= 11 is 3.50. The molecule has 0 aliphatic rings. The van der Waals surface area contributed by atoms with Crippen molar-refractivity contribution in [2.45, 2.75) is 25.1 Å². The molecule has 0 amide bonds. The van der Waals surface area contributed by atoms with Gasteiger partial charge in [0.25, 0.3) is 0 Å². The Balaban J connectivity index is 2.69. The van der Waals surface area contributed by atoms with Crippen LogP contribution in [0.15, 0.2) is 24.3 Å². The molecule has 0 heterocycles. The van der Waals surface area contributed by atoms with E-state index in [0.29, 0.717) is 10.7 Å². The van der Waals surface area contributed by atoms with Gasteiger partial charge in [0.1, 0.15) is 5.82 Å². The Bertz CT molecular complexity index is 271. The summed E-state index contributed by atoms with van der Waals surface area (Å²) in [6.45, 7) is 4.21. The van der Waals surface area contributed by atoms with E-state index in [1.54, 1.807) is 6.07 Å². The topological polar surface area (TPSA) is 0 Å². The van der Waals surface area contributed by atoms with Gasteiger partial charge >= 0.3 is 0 Å². The first-order chi connectivity index (χ1) is 6.11. The Morgan fingerprint density at radius 3 is 2.46 bits per heavy atom. The number of benzene rings is 1. The molecule has 13 heavy (non-hydrogen) atoms. The summed E-state index contributed by atoms with van der Waals surface area (Å²) in [5.74, 6) is 0.361. The molecule has 0 saturated heterocycles. The normalized spacial score (nSPS) is 15.4. The van der Waals surface area contributed by atoms with Crippen molar-refractivity contribution in [1.82, 2.24) is 0 Å². The van der Waals surface area contributed by atoms with E-state index in [-0.39, 0.29) is 5.82 Å². The molecule has 2 atom stereocenters. The van der Waals surface area contributed by atoms with Crippen LogP contribution in [0.3, 0.4) is 0 Å². The van der Waals surface area contributed by atoms with Crippen LogP contribution in [0.2, 0.25) is 0 Å². The average Bonchev–Trinajstić information content (AvgIpc) is 2.08. The van der Waals surface area contributed by atoms with E-state index >= 15 is 0 Å². The molecule has 0 aliphatic heterocycles. The Kier molecular flexibility index (Phi) is 3.91. The third-order valence-corrected chi connectivity index (χ3v) is 3.19. The summed E-state index contributed by atoms with van der Waals surface area (Å²) in [7, 11) is 0. The van der Waals surface area contributed by atoms with Gasteiger partial charge in [-0.25, -0.2) is 4.39 Å². The fraction of sp³-hybridized carbons (Fsp3) is 0.455. The first kappa shape index (κ1) is 10.7. The second kappa shape index (κ2) is 4.75. The molecule has 0 nitrogen and oxygen atoms in total. The van der Waals surface area contributed by atoms with E-state index in [1.807, 2.05) is 12.1 Å². The molecule has 0 radical (unpaired) electrons. The summed E-state index contributed by atoms with van der Waals surface area (Å²) in [4.78, 5) is 0.423. The van der Waals surface area contributed by atoms with Crippen LogP contribution in [0.1, 0.15) is 19.4 Å². The molecule has 0 fully saturated rings. The zero-order valence-corrected chi connectivity index (χ0v) is 9.51. The molecule has 0 bridgehead atoms. The zero-order chi connectivity index (χ0) is 9.84. The van der Waals surface area contributed by atoms with Crippen molar-refractivity contribution in [2.24, 2.45) is 5.92 Å². The van der Waals surface area contributed by atoms with Crippen molar-refractivity contribution < 1.29 is 4.39 Å². The molecule has 0 aromatic heterocycles. The van der Waals surface area contributed by atoms with Gasteiger partial charge < -0.3 is 0 Å². The molecule has 0 spiro atoms. The maximum Gasteiger partial charge on any atom is 0.126 e. The molecule has 1 rings (SSSR count). The minimum atomic E-state index is -0.0949. The van der Waals surface area contributed by atoms with Crippen LogP contribution in [0.4, 0.5) is 4.39 Å². The molecular weight excluding hydrogens is 231 g/mol. The highest BCUT2D eigenvalue weighted by atomic mass is 79.9. The van der Waals surface area contributed by atoms with Crippen LogP contribution in [0.25, 0.3) is 0 Å². The van der Waals surface area contributed by atoms with E-state index in [9.17, 15) is 4.39 Å². The third kappa shape index (κ3) is 3.11. The lowest BCUT2D eigenvalue weighted by atomic mass is 9.98. The predicted molar refractivity (Wildman–Crippen MR) is 57.7 cm³/mol. The summed E-state index contributed by atoms with van der Waals surface area (Å²) in [6, 6.07) is 6.97. The van der Waals surface area contributed by atoms with Crippen molar-refractivity contribution in [3.05, 3.63) is 35.6 Å². The van der Waals surface area contributed by atoms with Crippen LogP contribution in [-0.2, 0) is 6.42 Å². The van der Waals surface area contributed by atoms with Crippen LogP contribution in [0, 0.1) is 11.7 Å². The molecule has 1 aromatic rings. The minimum absolute atomic E-state index is 0.0949. The molecule has 2 heteroatoms. The van der Waals surface area contributed by atoms with Crippen LogP contribution in [0.5, 0.6) is 0 Å². The monoisotopic (exact) mass is 244 g/mol. The predicted octanol–water partition coefficient (Wildman–Crippen LogP) is 3.79. The lowest BCUT2D eigenvalue weighted by Gasteiger charge is -2.14. The van der Waals surface area contributed by atoms with Crippen LogP contribution >= 0.6 is 15.9 Å². The fourth-order valence-electron chi connectivity index (χ4n) is 1.17. The van der Waals surface area contributed by atoms with E-state index in [2.05, 4.69) is 29.8 Å². The van der Waals surface area contributed by atoms with Gasteiger partial charge in [-0.1, -0.05) is 48.0 Å². The molecule has 0 N–H and O–H groups in total. The van der Waals surface area contributed by atoms with Crippen LogP contribution < -0.4 is 0 Å². The van der Waals surface area contributed by atoms with E-state index in [0.717, 1.165) is 12.0 Å². The van der Waals surface area contributed by atoms with Gasteiger partial charge in [-0.05, 0) is 24.0 Å².